The Morgan fingerprint density at radius 3 is 2.09 bits per heavy atom. The topological polar surface area (TPSA) is 57.6 Å². The third kappa shape index (κ3) is 3.94. The first-order valence-electron chi connectivity index (χ1n) is 6.75. The van der Waals surface area contributed by atoms with E-state index in [0.717, 1.165) is 22.1 Å². The maximum atomic E-state index is 11.2. The fourth-order valence-corrected chi connectivity index (χ4v) is 2.90. The average Bonchev–Trinajstić information content (AvgIpc) is 2.53. The van der Waals surface area contributed by atoms with Crippen LogP contribution in [0.25, 0.3) is 10.8 Å². The second-order valence-electron chi connectivity index (χ2n) is 5.06. The number of anilines is 2. The number of rotatable bonds is 3. The molecule has 0 saturated heterocycles. The molecular weight excluding hydrogens is 321 g/mol. The van der Waals surface area contributed by atoms with Crippen LogP contribution in [0.1, 0.15) is 0 Å². The molecule has 3 aromatic rings. The van der Waals surface area contributed by atoms with Crippen molar-refractivity contribution in [1.29, 1.82) is 0 Å². The Kier molecular flexibility index (Phi) is 5.49. The Balaban J connectivity index is 0.00000192. The predicted octanol–water partition coefficient (Wildman–Crippen LogP) is 3.47. The summed E-state index contributed by atoms with van der Waals surface area (Å²) < 4.78 is 31.5. The number of hydrogen-bond acceptors (Lipinski definition) is 3. The molecule has 3 rings (SSSR count). The molecule has 0 aliphatic rings. The number of para-hydroxylation sites is 1. The van der Waals surface area contributed by atoms with Gasteiger partial charge in [0.15, 0.2) is 0 Å². The summed E-state index contributed by atoms with van der Waals surface area (Å²) in [7, 11) is -2.20. The molecule has 1 radical (unpaired) electrons. The zero-order chi connectivity index (χ0) is 15.7. The minimum atomic E-state index is -4.17. The monoisotopic (exact) mass is 336 g/mol. The molecule has 0 bridgehead atoms. The standard InChI is InChI=1S/C17H15NO3S.Na/c1-18(15-5-3-2-4-6-15)16-9-7-14-12-17(22(19,20)21)10-8-13(14)11-16;/h2-12H,1H3,(H,19,20,21);. The summed E-state index contributed by atoms with van der Waals surface area (Å²) in [5, 5.41) is 1.67. The predicted molar refractivity (Wildman–Crippen MR) is 94.0 cm³/mol. The van der Waals surface area contributed by atoms with E-state index in [-0.39, 0.29) is 34.5 Å². The van der Waals surface area contributed by atoms with E-state index in [1.807, 2.05) is 55.6 Å². The van der Waals surface area contributed by atoms with Gasteiger partial charge in [-0.1, -0.05) is 30.3 Å². The van der Waals surface area contributed by atoms with E-state index in [4.69, 9.17) is 4.55 Å². The Bertz CT molecular complexity index is 927. The van der Waals surface area contributed by atoms with Gasteiger partial charge < -0.3 is 4.90 Å². The van der Waals surface area contributed by atoms with Crippen molar-refractivity contribution in [1.82, 2.24) is 0 Å². The number of nitrogens with zero attached hydrogens (tertiary/aromatic N) is 1. The molecule has 0 aromatic heterocycles. The molecule has 23 heavy (non-hydrogen) atoms. The summed E-state index contributed by atoms with van der Waals surface area (Å²) in [6.45, 7) is 0. The van der Waals surface area contributed by atoms with Gasteiger partial charge in [0.2, 0.25) is 0 Å². The van der Waals surface area contributed by atoms with Gasteiger partial charge in [-0.25, -0.2) is 0 Å². The summed E-state index contributed by atoms with van der Waals surface area (Å²) in [5.74, 6) is 0. The Morgan fingerprint density at radius 1 is 0.826 bits per heavy atom. The van der Waals surface area contributed by atoms with E-state index in [2.05, 4.69) is 4.90 Å². The minimum Gasteiger partial charge on any atom is -0.345 e. The van der Waals surface area contributed by atoms with Crippen LogP contribution >= 0.6 is 0 Å². The first-order chi connectivity index (χ1) is 10.4. The Labute approximate surface area is 157 Å². The molecule has 3 aromatic carbocycles. The maximum Gasteiger partial charge on any atom is 0.294 e. The van der Waals surface area contributed by atoms with Crippen molar-refractivity contribution in [3.05, 3.63) is 66.7 Å². The molecule has 113 valence electrons. The average molecular weight is 336 g/mol. The molecule has 0 fully saturated rings. The smallest absolute Gasteiger partial charge is 0.294 e. The van der Waals surface area contributed by atoms with Gasteiger partial charge >= 0.3 is 0 Å². The normalized spacial score (nSPS) is 11.0. The third-order valence-electron chi connectivity index (χ3n) is 3.62. The molecule has 1 N–H and O–H groups in total. The van der Waals surface area contributed by atoms with Crippen LogP contribution in [0.4, 0.5) is 11.4 Å². The van der Waals surface area contributed by atoms with Crippen molar-refractivity contribution in [3.8, 4) is 0 Å². The molecule has 0 aliphatic heterocycles. The summed E-state index contributed by atoms with van der Waals surface area (Å²) in [5.41, 5.74) is 2.06. The molecule has 0 saturated carbocycles. The van der Waals surface area contributed by atoms with Crippen molar-refractivity contribution in [2.24, 2.45) is 0 Å². The summed E-state index contributed by atoms with van der Waals surface area (Å²) in [6.07, 6.45) is 0. The van der Waals surface area contributed by atoms with Gasteiger partial charge in [0, 0.05) is 48.0 Å². The largest absolute Gasteiger partial charge is 0.345 e. The molecule has 0 heterocycles. The summed E-state index contributed by atoms with van der Waals surface area (Å²) in [4.78, 5) is 1.96. The van der Waals surface area contributed by atoms with Gasteiger partial charge in [-0.3, -0.25) is 4.55 Å². The molecule has 0 aliphatic carbocycles. The van der Waals surface area contributed by atoms with E-state index in [0.29, 0.717) is 0 Å². The van der Waals surface area contributed by atoms with Crippen LogP contribution in [-0.2, 0) is 10.1 Å². The Hall–Kier alpha value is -1.37. The zero-order valence-corrected chi connectivity index (χ0v) is 15.8. The molecule has 0 unspecified atom stereocenters. The van der Waals surface area contributed by atoms with E-state index in [9.17, 15) is 8.42 Å². The third-order valence-corrected chi connectivity index (χ3v) is 4.47. The van der Waals surface area contributed by atoms with E-state index in [1.165, 1.54) is 12.1 Å². The van der Waals surface area contributed by atoms with Gasteiger partial charge in [0.25, 0.3) is 10.1 Å². The number of hydrogen-bond donors (Lipinski definition) is 1. The number of fused-ring (bicyclic) bond motifs is 1. The van der Waals surface area contributed by atoms with Gasteiger partial charge in [0.05, 0.1) is 4.90 Å². The quantitative estimate of drug-likeness (QED) is 0.588. The van der Waals surface area contributed by atoms with Crippen molar-refractivity contribution in [2.75, 3.05) is 11.9 Å². The molecule has 0 atom stereocenters. The van der Waals surface area contributed by atoms with Crippen LogP contribution in [-0.4, -0.2) is 49.6 Å². The van der Waals surface area contributed by atoms with Crippen molar-refractivity contribution < 1.29 is 13.0 Å². The molecule has 0 amide bonds. The molecule has 0 spiro atoms. The van der Waals surface area contributed by atoms with Crippen LogP contribution in [0.2, 0.25) is 0 Å². The van der Waals surface area contributed by atoms with E-state index < -0.39 is 10.1 Å². The summed E-state index contributed by atoms with van der Waals surface area (Å²) >= 11 is 0. The maximum absolute atomic E-state index is 11.2. The first kappa shape index (κ1) is 18.0. The first-order valence-corrected chi connectivity index (χ1v) is 8.19. The summed E-state index contributed by atoms with van der Waals surface area (Å²) in [6, 6.07) is 20.3. The van der Waals surface area contributed by atoms with Gasteiger partial charge in [-0.05, 0) is 47.2 Å². The molecule has 6 heteroatoms. The second-order valence-corrected chi connectivity index (χ2v) is 6.48. The molecular formula is C17H15NNaO3S. The van der Waals surface area contributed by atoms with E-state index in [1.54, 1.807) is 6.07 Å². The second kappa shape index (κ2) is 7.03. The zero-order valence-electron chi connectivity index (χ0n) is 13.0. The fraction of sp³-hybridized carbons (Fsp3) is 0.0588. The Morgan fingerprint density at radius 2 is 1.43 bits per heavy atom. The van der Waals surface area contributed by atoms with E-state index >= 15 is 0 Å². The van der Waals surface area contributed by atoms with Gasteiger partial charge in [-0.15, -0.1) is 0 Å². The SMILES string of the molecule is CN(c1ccccc1)c1ccc2cc(S(=O)(=O)O)ccc2c1.[Na]. The van der Waals surface area contributed by atoms with Crippen LogP contribution in [0.3, 0.4) is 0 Å². The fourth-order valence-electron chi connectivity index (χ4n) is 2.38. The molecule has 4 nitrogen and oxygen atoms in total. The number of benzene rings is 3. The van der Waals surface area contributed by atoms with Crippen LogP contribution < -0.4 is 4.90 Å². The van der Waals surface area contributed by atoms with Crippen molar-refractivity contribution >= 4 is 61.8 Å². The van der Waals surface area contributed by atoms with Gasteiger partial charge in [-0.2, -0.15) is 8.42 Å². The van der Waals surface area contributed by atoms with Gasteiger partial charge in [0.1, 0.15) is 0 Å². The van der Waals surface area contributed by atoms with Crippen LogP contribution in [0.5, 0.6) is 0 Å². The van der Waals surface area contributed by atoms with Crippen molar-refractivity contribution in [2.45, 2.75) is 4.90 Å². The minimum absolute atomic E-state index is 0. The van der Waals surface area contributed by atoms with Crippen LogP contribution in [0, 0.1) is 0 Å². The van der Waals surface area contributed by atoms with Crippen molar-refractivity contribution in [3.63, 3.8) is 0 Å². The van der Waals surface area contributed by atoms with Crippen LogP contribution in [0.15, 0.2) is 71.6 Å².